The first-order chi connectivity index (χ1) is 19.3. The maximum Gasteiger partial charge on any atom is 0.123 e. The highest BCUT2D eigenvalue weighted by Crippen LogP contribution is 2.34. The van der Waals surface area contributed by atoms with E-state index in [4.69, 9.17) is 0 Å². The molecule has 4 rings (SSSR count). The smallest absolute Gasteiger partial charge is 0.123 e. The third kappa shape index (κ3) is 7.64. The van der Waals surface area contributed by atoms with Gasteiger partial charge < -0.3 is 15.3 Å². The Balaban J connectivity index is 0.000000220. The van der Waals surface area contributed by atoms with Gasteiger partial charge in [0.1, 0.15) is 17.2 Å². The number of rotatable bonds is 10. The highest BCUT2D eigenvalue weighted by atomic mass is 16.3. The molecule has 3 heteroatoms. The van der Waals surface area contributed by atoms with Gasteiger partial charge in [0.15, 0.2) is 0 Å². The van der Waals surface area contributed by atoms with E-state index in [-0.39, 0.29) is 11.5 Å². The average Bonchev–Trinajstić information content (AvgIpc) is 2.94. The molecule has 0 unspecified atom stereocenters. The summed E-state index contributed by atoms with van der Waals surface area (Å²) in [6.07, 6.45) is 10.3. The fourth-order valence-electron chi connectivity index (χ4n) is 4.53. The topological polar surface area (TPSA) is 60.7 Å². The van der Waals surface area contributed by atoms with Crippen molar-refractivity contribution in [3.05, 3.63) is 151 Å². The molecule has 0 saturated carbocycles. The van der Waals surface area contributed by atoms with Crippen LogP contribution in [0.25, 0.3) is 22.3 Å². The summed E-state index contributed by atoms with van der Waals surface area (Å²) in [6.45, 7) is 17.0. The van der Waals surface area contributed by atoms with Gasteiger partial charge in [0, 0.05) is 11.1 Å². The number of hydrogen-bond acceptors (Lipinski definition) is 3. The summed E-state index contributed by atoms with van der Waals surface area (Å²) in [5, 5.41) is 30.0. The number of phenols is 3. The zero-order chi connectivity index (χ0) is 29.1. The molecule has 0 heterocycles. The molecule has 0 saturated heterocycles. The molecule has 0 aliphatic heterocycles. The summed E-state index contributed by atoms with van der Waals surface area (Å²) < 4.78 is 0. The quantitative estimate of drug-likeness (QED) is 0.179. The maximum atomic E-state index is 10.2. The van der Waals surface area contributed by atoms with E-state index in [9.17, 15) is 15.3 Å². The van der Waals surface area contributed by atoms with Gasteiger partial charge in [0.05, 0.1) is 0 Å². The molecule has 4 aromatic carbocycles. The molecule has 204 valence electrons. The van der Waals surface area contributed by atoms with Crippen molar-refractivity contribution in [2.75, 3.05) is 0 Å². The number of hydrogen-bond donors (Lipinski definition) is 3. The van der Waals surface area contributed by atoms with Crippen LogP contribution in [0.3, 0.4) is 0 Å². The number of benzene rings is 4. The van der Waals surface area contributed by atoms with E-state index in [1.54, 1.807) is 30.3 Å². The molecule has 0 aliphatic carbocycles. The van der Waals surface area contributed by atoms with Crippen molar-refractivity contribution in [1.82, 2.24) is 0 Å². The van der Waals surface area contributed by atoms with Crippen molar-refractivity contribution in [1.29, 1.82) is 0 Å². The van der Waals surface area contributed by atoms with Gasteiger partial charge in [-0.05, 0) is 108 Å². The first-order valence-corrected chi connectivity index (χ1v) is 13.3. The molecule has 0 aliphatic rings. The van der Waals surface area contributed by atoms with Gasteiger partial charge in [-0.25, -0.2) is 0 Å². The molecule has 0 amide bonds. The summed E-state index contributed by atoms with van der Waals surface area (Å²) in [4.78, 5) is 0. The standard InChI is InChI=1S/C19H20O.C18H18O2/c1-4-6-15-9-8-14(3)17(12-15)18-13-16(7-5-2)10-11-19(18)20;1-3-5-13-7-9-18(20)16(11-13)14-8-10-17(19)15(12-14)6-4-2/h4-5,8-13,20H,1-2,6-7H2,3H3;3-4,7-12,19-20H,1-2,5-6H2. The van der Waals surface area contributed by atoms with Gasteiger partial charge in [0.25, 0.3) is 0 Å². The molecular formula is C37H38O3. The van der Waals surface area contributed by atoms with Crippen molar-refractivity contribution < 1.29 is 15.3 Å². The molecule has 0 spiro atoms. The van der Waals surface area contributed by atoms with E-state index < -0.39 is 0 Å². The molecule has 0 atom stereocenters. The van der Waals surface area contributed by atoms with E-state index in [2.05, 4.69) is 51.4 Å². The highest BCUT2D eigenvalue weighted by molar-refractivity contribution is 5.74. The van der Waals surface area contributed by atoms with E-state index in [1.165, 1.54) is 5.56 Å². The maximum absolute atomic E-state index is 10.2. The van der Waals surface area contributed by atoms with Crippen LogP contribution in [-0.2, 0) is 25.7 Å². The van der Waals surface area contributed by atoms with Gasteiger partial charge in [-0.15, -0.1) is 26.3 Å². The van der Waals surface area contributed by atoms with Crippen molar-refractivity contribution in [2.45, 2.75) is 32.6 Å². The first kappa shape index (κ1) is 29.8. The Morgan fingerprint density at radius 1 is 0.500 bits per heavy atom. The second kappa shape index (κ2) is 14.4. The largest absolute Gasteiger partial charge is 0.508 e. The molecule has 3 N–H and O–H groups in total. The van der Waals surface area contributed by atoms with E-state index in [0.29, 0.717) is 12.2 Å². The number of aryl methyl sites for hydroxylation is 1. The molecule has 0 bridgehead atoms. The average molecular weight is 531 g/mol. The molecule has 0 radical (unpaired) electrons. The minimum Gasteiger partial charge on any atom is -0.508 e. The summed E-state index contributed by atoms with van der Waals surface area (Å²) in [6, 6.07) is 22.9. The SMILES string of the molecule is C=CCc1ccc(C)c(-c2cc(CC=C)ccc2O)c1.C=CCc1ccc(O)c(-c2ccc(O)c(CC=C)c2)c1. The molecule has 0 aromatic heterocycles. The monoisotopic (exact) mass is 530 g/mol. The van der Waals surface area contributed by atoms with Crippen molar-refractivity contribution in [2.24, 2.45) is 0 Å². The van der Waals surface area contributed by atoms with Gasteiger partial charge >= 0.3 is 0 Å². The Bertz CT molecular complexity index is 1450. The van der Waals surface area contributed by atoms with Crippen LogP contribution in [0.5, 0.6) is 17.2 Å². The lowest BCUT2D eigenvalue weighted by Crippen LogP contribution is -1.90. The minimum atomic E-state index is 0.230. The number of phenolic OH excluding ortho intramolecular Hbond substituents is 3. The van der Waals surface area contributed by atoms with Gasteiger partial charge in [-0.2, -0.15) is 0 Å². The fraction of sp³-hybridized carbons (Fsp3) is 0.135. The Hall–Kier alpha value is -4.76. The van der Waals surface area contributed by atoms with E-state index in [0.717, 1.165) is 63.8 Å². The van der Waals surface area contributed by atoms with E-state index in [1.807, 2.05) is 48.6 Å². The first-order valence-electron chi connectivity index (χ1n) is 13.3. The molecule has 0 fully saturated rings. The van der Waals surface area contributed by atoms with Crippen LogP contribution in [0.15, 0.2) is 123 Å². The molecular weight excluding hydrogens is 492 g/mol. The van der Waals surface area contributed by atoms with Gasteiger partial charge in [0.2, 0.25) is 0 Å². The van der Waals surface area contributed by atoms with Crippen LogP contribution in [0.1, 0.15) is 27.8 Å². The zero-order valence-electron chi connectivity index (χ0n) is 23.2. The van der Waals surface area contributed by atoms with Crippen LogP contribution < -0.4 is 0 Å². The second-order valence-electron chi connectivity index (χ2n) is 9.67. The Morgan fingerprint density at radius 2 is 0.950 bits per heavy atom. The highest BCUT2D eigenvalue weighted by Gasteiger charge is 2.10. The van der Waals surface area contributed by atoms with Crippen molar-refractivity contribution in [3.8, 4) is 39.5 Å². The van der Waals surface area contributed by atoms with Crippen molar-refractivity contribution in [3.63, 3.8) is 0 Å². The third-order valence-corrected chi connectivity index (χ3v) is 6.61. The van der Waals surface area contributed by atoms with Crippen LogP contribution in [0.2, 0.25) is 0 Å². The fourth-order valence-corrected chi connectivity index (χ4v) is 4.53. The predicted octanol–water partition coefficient (Wildman–Crippen LogP) is 9.05. The zero-order valence-corrected chi connectivity index (χ0v) is 23.2. The minimum absolute atomic E-state index is 0.230. The summed E-state index contributed by atoms with van der Waals surface area (Å²) in [5.74, 6) is 0.792. The van der Waals surface area contributed by atoms with Crippen LogP contribution in [0.4, 0.5) is 0 Å². The van der Waals surface area contributed by atoms with Crippen LogP contribution in [-0.4, -0.2) is 15.3 Å². The van der Waals surface area contributed by atoms with Crippen LogP contribution >= 0.6 is 0 Å². The van der Waals surface area contributed by atoms with Gasteiger partial charge in [-0.1, -0.05) is 60.7 Å². The van der Waals surface area contributed by atoms with E-state index >= 15 is 0 Å². The molecule has 4 aromatic rings. The van der Waals surface area contributed by atoms with Crippen molar-refractivity contribution >= 4 is 0 Å². The third-order valence-electron chi connectivity index (χ3n) is 6.61. The second-order valence-corrected chi connectivity index (χ2v) is 9.67. The molecule has 3 nitrogen and oxygen atoms in total. The lowest BCUT2D eigenvalue weighted by atomic mass is 9.94. The van der Waals surface area contributed by atoms with Crippen LogP contribution in [0, 0.1) is 6.92 Å². The lowest BCUT2D eigenvalue weighted by molar-refractivity contribution is 0.469. The summed E-state index contributed by atoms with van der Waals surface area (Å²) in [5.41, 5.74) is 9.00. The molecule has 40 heavy (non-hydrogen) atoms. The number of aromatic hydroxyl groups is 3. The Labute approximate surface area is 238 Å². The lowest BCUT2D eigenvalue weighted by Gasteiger charge is -2.11. The normalized spacial score (nSPS) is 10.2. The Morgan fingerprint density at radius 3 is 1.50 bits per heavy atom. The Kier molecular flexibility index (Phi) is 10.7. The summed E-state index contributed by atoms with van der Waals surface area (Å²) in [7, 11) is 0. The summed E-state index contributed by atoms with van der Waals surface area (Å²) >= 11 is 0. The number of allylic oxidation sites excluding steroid dienone is 4. The van der Waals surface area contributed by atoms with Gasteiger partial charge in [-0.3, -0.25) is 0 Å². The predicted molar refractivity (Wildman–Crippen MR) is 169 cm³/mol.